The van der Waals surface area contributed by atoms with Crippen molar-refractivity contribution in [3.8, 4) is 0 Å². The van der Waals surface area contributed by atoms with Crippen LogP contribution in [0.2, 0.25) is 0 Å². The third-order valence-corrected chi connectivity index (χ3v) is 4.49. The van der Waals surface area contributed by atoms with Gasteiger partial charge >= 0.3 is 0 Å². The summed E-state index contributed by atoms with van der Waals surface area (Å²) in [6.07, 6.45) is 0.808. The van der Waals surface area contributed by atoms with Gasteiger partial charge in [0.05, 0.1) is 11.0 Å². The molecule has 2 rings (SSSR count). The van der Waals surface area contributed by atoms with E-state index in [0.717, 1.165) is 38.3 Å². The summed E-state index contributed by atoms with van der Waals surface area (Å²) in [6.45, 7) is 6.33. The topological polar surface area (TPSA) is 88.0 Å². The molecule has 0 aliphatic carbocycles. The van der Waals surface area contributed by atoms with Gasteiger partial charge < -0.3 is 15.0 Å². The number of hydrogen-bond donors (Lipinski definition) is 1. The first-order valence-electron chi connectivity index (χ1n) is 8.53. The second-order valence-electron chi connectivity index (χ2n) is 6.11. The molecule has 1 fully saturated rings. The fraction of sp³-hybridized carbons (Fsp3) is 0.588. The van der Waals surface area contributed by atoms with Crippen LogP contribution in [-0.2, 0) is 9.53 Å². The number of nitro benzene ring substituents is 1. The molecule has 138 valence electrons. The molecule has 8 heteroatoms. The lowest BCUT2D eigenvalue weighted by Crippen LogP contribution is -2.54. The first kappa shape index (κ1) is 19.1. The molecule has 1 heterocycles. The van der Waals surface area contributed by atoms with Crippen molar-refractivity contribution < 1.29 is 14.5 Å². The third-order valence-electron chi connectivity index (χ3n) is 4.49. The van der Waals surface area contributed by atoms with Crippen LogP contribution in [0.4, 0.5) is 11.4 Å². The van der Waals surface area contributed by atoms with Gasteiger partial charge in [-0.3, -0.25) is 19.8 Å². The van der Waals surface area contributed by atoms with Crippen molar-refractivity contribution in [2.75, 3.05) is 51.3 Å². The SMILES string of the molecule is COCCCNC(=O)C(C)N1CCN(c2ccc([N+](=O)[O-])cc2)CC1. The molecule has 1 aliphatic heterocycles. The molecule has 1 amide bonds. The Labute approximate surface area is 147 Å². The van der Waals surface area contributed by atoms with E-state index in [9.17, 15) is 14.9 Å². The number of methoxy groups -OCH3 is 1. The second kappa shape index (κ2) is 9.33. The van der Waals surface area contributed by atoms with Crippen molar-refractivity contribution in [1.82, 2.24) is 10.2 Å². The number of carbonyl (C=O) groups is 1. The van der Waals surface area contributed by atoms with E-state index in [4.69, 9.17) is 4.74 Å². The normalized spacial score (nSPS) is 16.5. The first-order chi connectivity index (χ1) is 12.0. The van der Waals surface area contributed by atoms with Gasteiger partial charge in [0.25, 0.3) is 5.69 Å². The molecule has 25 heavy (non-hydrogen) atoms. The maximum absolute atomic E-state index is 12.2. The van der Waals surface area contributed by atoms with Crippen molar-refractivity contribution in [3.63, 3.8) is 0 Å². The third kappa shape index (κ3) is 5.40. The Morgan fingerprint density at radius 3 is 2.48 bits per heavy atom. The van der Waals surface area contributed by atoms with E-state index in [1.807, 2.05) is 6.92 Å². The Balaban J connectivity index is 1.80. The molecule has 0 spiro atoms. The molecule has 8 nitrogen and oxygen atoms in total. The average molecular weight is 350 g/mol. The van der Waals surface area contributed by atoms with E-state index in [0.29, 0.717) is 13.2 Å². The molecule has 0 bridgehead atoms. The molecular formula is C17H26N4O4. The number of amides is 1. The number of nitro groups is 1. The van der Waals surface area contributed by atoms with E-state index >= 15 is 0 Å². The van der Waals surface area contributed by atoms with Crippen molar-refractivity contribution in [3.05, 3.63) is 34.4 Å². The highest BCUT2D eigenvalue weighted by Gasteiger charge is 2.25. The summed E-state index contributed by atoms with van der Waals surface area (Å²) in [5.74, 6) is 0.0416. The Hall–Kier alpha value is -2.19. The quantitative estimate of drug-likeness (QED) is 0.431. The lowest BCUT2D eigenvalue weighted by molar-refractivity contribution is -0.384. The number of ether oxygens (including phenoxy) is 1. The van der Waals surface area contributed by atoms with Crippen molar-refractivity contribution in [1.29, 1.82) is 0 Å². The van der Waals surface area contributed by atoms with Crippen LogP contribution in [0.3, 0.4) is 0 Å². The molecule has 0 aromatic heterocycles. The van der Waals surface area contributed by atoms with Gasteiger partial charge in [0.15, 0.2) is 0 Å². The highest BCUT2D eigenvalue weighted by Crippen LogP contribution is 2.21. The van der Waals surface area contributed by atoms with Gasteiger partial charge in [-0.1, -0.05) is 0 Å². The van der Waals surface area contributed by atoms with Crippen LogP contribution in [0.1, 0.15) is 13.3 Å². The summed E-state index contributed by atoms with van der Waals surface area (Å²) in [5, 5.41) is 13.7. The highest BCUT2D eigenvalue weighted by molar-refractivity contribution is 5.81. The van der Waals surface area contributed by atoms with Crippen LogP contribution in [0.25, 0.3) is 0 Å². The van der Waals surface area contributed by atoms with E-state index < -0.39 is 4.92 Å². The highest BCUT2D eigenvalue weighted by atomic mass is 16.6. The van der Waals surface area contributed by atoms with Crippen LogP contribution < -0.4 is 10.2 Å². The molecule has 1 unspecified atom stereocenters. The number of nitrogens with one attached hydrogen (secondary N) is 1. The van der Waals surface area contributed by atoms with Crippen LogP contribution in [0, 0.1) is 10.1 Å². The number of hydrogen-bond acceptors (Lipinski definition) is 6. The molecular weight excluding hydrogens is 324 g/mol. The van der Waals surface area contributed by atoms with Gasteiger partial charge in [0.2, 0.25) is 5.91 Å². The molecule has 1 saturated heterocycles. The molecule has 1 aliphatic rings. The van der Waals surface area contributed by atoms with Crippen molar-refractivity contribution >= 4 is 17.3 Å². The van der Waals surface area contributed by atoms with Crippen LogP contribution >= 0.6 is 0 Å². The number of anilines is 1. The van der Waals surface area contributed by atoms with Crippen molar-refractivity contribution in [2.24, 2.45) is 0 Å². The van der Waals surface area contributed by atoms with E-state index in [2.05, 4.69) is 15.1 Å². The smallest absolute Gasteiger partial charge is 0.269 e. The van der Waals surface area contributed by atoms with Gasteiger partial charge in [-0.2, -0.15) is 0 Å². The zero-order valence-electron chi connectivity index (χ0n) is 14.8. The summed E-state index contributed by atoms with van der Waals surface area (Å²) in [4.78, 5) is 26.9. The molecule has 1 atom stereocenters. The lowest BCUT2D eigenvalue weighted by atomic mass is 10.2. The standard InChI is InChI=1S/C17H26N4O4/c1-14(17(22)18-8-3-13-25-2)19-9-11-20(12-10-19)15-4-6-16(7-5-15)21(23)24/h4-7,14H,3,8-13H2,1-2H3,(H,18,22). The number of nitrogens with zero attached hydrogens (tertiary/aromatic N) is 3. The van der Waals surface area contributed by atoms with E-state index in [1.165, 1.54) is 12.1 Å². The monoisotopic (exact) mass is 350 g/mol. The number of rotatable bonds is 8. The zero-order valence-corrected chi connectivity index (χ0v) is 14.8. The number of non-ortho nitro benzene ring substituents is 1. The largest absolute Gasteiger partial charge is 0.385 e. The molecule has 0 radical (unpaired) electrons. The Bertz CT molecular complexity index is 571. The number of carbonyl (C=O) groups excluding carboxylic acids is 1. The summed E-state index contributed by atoms with van der Waals surface area (Å²) in [6, 6.07) is 6.44. The predicted molar refractivity (Wildman–Crippen MR) is 95.8 cm³/mol. The summed E-state index contributed by atoms with van der Waals surface area (Å²) in [7, 11) is 1.65. The maximum Gasteiger partial charge on any atom is 0.269 e. The average Bonchev–Trinajstić information content (AvgIpc) is 2.64. The molecule has 1 aromatic rings. The zero-order chi connectivity index (χ0) is 18.2. The minimum Gasteiger partial charge on any atom is -0.385 e. The van der Waals surface area contributed by atoms with E-state index in [-0.39, 0.29) is 17.6 Å². The Morgan fingerprint density at radius 2 is 1.92 bits per heavy atom. The maximum atomic E-state index is 12.2. The molecule has 0 saturated carbocycles. The van der Waals surface area contributed by atoms with Gasteiger partial charge in [-0.05, 0) is 25.5 Å². The van der Waals surface area contributed by atoms with Crippen molar-refractivity contribution in [2.45, 2.75) is 19.4 Å². The van der Waals surface area contributed by atoms with Gasteiger partial charge in [0.1, 0.15) is 0 Å². The number of benzene rings is 1. The van der Waals surface area contributed by atoms with Gasteiger partial charge in [-0.15, -0.1) is 0 Å². The minimum atomic E-state index is -0.394. The van der Waals surface area contributed by atoms with Crippen LogP contribution in [0.15, 0.2) is 24.3 Å². The second-order valence-corrected chi connectivity index (χ2v) is 6.11. The fourth-order valence-corrected chi connectivity index (χ4v) is 2.89. The Morgan fingerprint density at radius 1 is 1.28 bits per heavy atom. The number of piperazine rings is 1. The summed E-state index contributed by atoms with van der Waals surface area (Å²) < 4.78 is 4.97. The van der Waals surface area contributed by atoms with E-state index in [1.54, 1.807) is 19.2 Å². The lowest BCUT2D eigenvalue weighted by Gasteiger charge is -2.38. The van der Waals surface area contributed by atoms with Crippen LogP contribution in [0.5, 0.6) is 0 Å². The first-order valence-corrected chi connectivity index (χ1v) is 8.53. The van der Waals surface area contributed by atoms with Gasteiger partial charge in [-0.25, -0.2) is 0 Å². The van der Waals surface area contributed by atoms with Gasteiger partial charge in [0, 0.05) is 64.3 Å². The van der Waals surface area contributed by atoms with Crippen LogP contribution in [-0.4, -0.2) is 68.2 Å². The minimum absolute atomic E-state index is 0.0416. The Kier molecular flexibility index (Phi) is 7.15. The summed E-state index contributed by atoms with van der Waals surface area (Å²) >= 11 is 0. The fourth-order valence-electron chi connectivity index (χ4n) is 2.89. The summed E-state index contributed by atoms with van der Waals surface area (Å²) in [5.41, 5.74) is 1.07. The molecule has 1 aromatic carbocycles. The molecule has 1 N–H and O–H groups in total. The predicted octanol–water partition coefficient (Wildman–Crippen LogP) is 1.26.